The molecule has 2 N–H and O–H groups in total. The highest BCUT2D eigenvalue weighted by Gasteiger charge is 2.17. The monoisotopic (exact) mass is 433 g/mol. The number of aromatic nitrogens is 1. The molecule has 0 unspecified atom stereocenters. The quantitative estimate of drug-likeness (QED) is 0.583. The summed E-state index contributed by atoms with van der Waals surface area (Å²) in [5.74, 6) is 0.696. The first kappa shape index (κ1) is 20.6. The molecule has 2 heterocycles. The van der Waals surface area contributed by atoms with Crippen molar-refractivity contribution in [3.63, 3.8) is 0 Å². The lowest BCUT2D eigenvalue weighted by Gasteiger charge is -2.07. The molecule has 10 heteroatoms. The Morgan fingerprint density at radius 2 is 2.03 bits per heavy atom. The van der Waals surface area contributed by atoms with E-state index in [2.05, 4.69) is 15.2 Å². The number of anilines is 2. The van der Waals surface area contributed by atoms with Crippen LogP contribution >= 0.6 is 11.3 Å². The average Bonchev–Trinajstić information content (AvgIpc) is 3.28. The van der Waals surface area contributed by atoms with Gasteiger partial charge in [-0.2, -0.15) is 0 Å². The second kappa shape index (κ2) is 8.50. The summed E-state index contributed by atoms with van der Waals surface area (Å²) in [5.41, 5.74) is 1.45. The Labute approximate surface area is 172 Å². The lowest BCUT2D eigenvalue weighted by molar-refractivity contribution is -0.114. The molecule has 29 heavy (non-hydrogen) atoms. The van der Waals surface area contributed by atoms with Crippen LogP contribution in [0.3, 0.4) is 0 Å². The number of nitrogens with zero attached hydrogens (tertiary/aromatic N) is 1. The molecule has 0 atom stereocenters. The fraction of sp³-hybridized carbons (Fsp3) is 0.158. The SMILES string of the molecule is COc1cccc(NS(=O)(=O)c2ccc(C=Cc3onc(C)c3NC(C)=O)s2)c1. The first-order valence-electron chi connectivity index (χ1n) is 8.47. The Hall–Kier alpha value is -3.11. The molecule has 1 amide bonds. The average molecular weight is 434 g/mol. The second-order valence-corrected chi connectivity index (χ2v) is 9.04. The molecule has 0 radical (unpaired) electrons. The lowest BCUT2D eigenvalue weighted by atomic mass is 10.2. The highest BCUT2D eigenvalue weighted by Crippen LogP contribution is 2.28. The highest BCUT2D eigenvalue weighted by atomic mass is 32.2. The molecule has 0 saturated carbocycles. The number of hydrogen-bond donors (Lipinski definition) is 2. The number of benzene rings is 1. The van der Waals surface area contributed by atoms with Crippen LogP contribution in [0.4, 0.5) is 11.4 Å². The van der Waals surface area contributed by atoms with Crippen LogP contribution < -0.4 is 14.8 Å². The van der Waals surface area contributed by atoms with Crippen molar-refractivity contribution in [1.82, 2.24) is 5.16 Å². The van der Waals surface area contributed by atoms with Gasteiger partial charge in [-0.25, -0.2) is 8.42 Å². The van der Waals surface area contributed by atoms with Gasteiger partial charge in [-0.05, 0) is 43.3 Å². The molecular formula is C19H19N3O5S2. The Bertz CT molecular complexity index is 1160. The lowest BCUT2D eigenvalue weighted by Crippen LogP contribution is -2.11. The summed E-state index contributed by atoms with van der Waals surface area (Å²) in [6, 6.07) is 9.87. The summed E-state index contributed by atoms with van der Waals surface area (Å²) in [7, 11) is -2.22. The van der Waals surface area contributed by atoms with Gasteiger partial charge in [-0.1, -0.05) is 11.2 Å². The van der Waals surface area contributed by atoms with Crippen molar-refractivity contribution in [1.29, 1.82) is 0 Å². The number of sulfonamides is 1. The number of ether oxygens (including phenoxy) is 1. The van der Waals surface area contributed by atoms with Crippen molar-refractivity contribution in [2.24, 2.45) is 0 Å². The standard InChI is InChI=1S/C19H19N3O5S2/c1-12-19(20-13(2)23)17(27-21-12)9-7-16-8-10-18(28-16)29(24,25)22-14-5-4-6-15(11-14)26-3/h4-11,22H,1-3H3,(H,20,23). The minimum atomic E-state index is -3.73. The van der Waals surface area contributed by atoms with E-state index in [1.807, 2.05) is 0 Å². The molecule has 0 saturated heterocycles. The van der Waals surface area contributed by atoms with Gasteiger partial charge in [0.2, 0.25) is 5.91 Å². The Morgan fingerprint density at radius 3 is 2.76 bits per heavy atom. The zero-order valence-electron chi connectivity index (χ0n) is 15.9. The van der Waals surface area contributed by atoms with Crippen LogP contribution in [-0.4, -0.2) is 26.6 Å². The Morgan fingerprint density at radius 1 is 1.24 bits per heavy atom. The van der Waals surface area contributed by atoms with Gasteiger partial charge in [0.05, 0.1) is 12.8 Å². The minimum absolute atomic E-state index is 0.163. The second-order valence-electron chi connectivity index (χ2n) is 6.02. The minimum Gasteiger partial charge on any atom is -0.497 e. The molecule has 0 spiro atoms. The number of carbonyl (C=O) groups excluding carboxylic acids is 1. The maximum atomic E-state index is 12.6. The summed E-state index contributed by atoms with van der Waals surface area (Å²) in [4.78, 5) is 12.0. The van der Waals surface area contributed by atoms with E-state index in [1.165, 1.54) is 20.1 Å². The molecule has 8 nitrogen and oxygen atoms in total. The molecule has 2 aromatic heterocycles. The van der Waals surface area contributed by atoms with Gasteiger partial charge in [0.15, 0.2) is 5.76 Å². The van der Waals surface area contributed by atoms with E-state index in [1.54, 1.807) is 49.4 Å². The van der Waals surface area contributed by atoms with Crippen molar-refractivity contribution < 1.29 is 22.5 Å². The molecule has 0 bridgehead atoms. The van der Waals surface area contributed by atoms with Crippen molar-refractivity contribution >= 4 is 50.8 Å². The fourth-order valence-electron chi connectivity index (χ4n) is 2.45. The molecule has 0 aliphatic carbocycles. The number of nitrogens with one attached hydrogen (secondary N) is 2. The zero-order chi connectivity index (χ0) is 21.0. The van der Waals surface area contributed by atoms with Gasteiger partial charge in [-0.15, -0.1) is 11.3 Å². The third-order valence-electron chi connectivity index (χ3n) is 3.78. The predicted octanol–water partition coefficient (Wildman–Crippen LogP) is 3.98. The Kier molecular flexibility index (Phi) is 6.04. The van der Waals surface area contributed by atoms with Gasteiger partial charge < -0.3 is 14.6 Å². The van der Waals surface area contributed by atoms with Crippen molar-refractivity contribution in [3.05, 3.63) is 52.7 Å². The van der Waals surface area contributed by atoms with Crippen LogP contribution in [0, 0.1) is 6.92 Å². The van der Waals surface area contributed by atoms with Crippen molar-refractivity contribution in [2.45, 2.75) is 18.1 Å². The summed E-state index contributed by atoms with van der Waals surface area (Å²) in [5, 5.41) is 6.50. The number of amides is 1. The molecule has 3 aromatic rings. The van der Waals surface area contributed by atoms with E-state index in [9.17, 15) is 13.2 Å². The van der Waals surface area contributed by atoms with E-state index in [0.29, 0.717) is 33.5 Å². The molecule has 0 aliphatic heterocycles. The van der Waals surface area contributed by atoms with Gasteiger partial charge in [0, 0.05) is 17.9 Å². The summed E-state index contributed by atoms with van der Waals surface area (Å²) < 4.78 is 38.3. The smallest absolute Gasteiger partial charge is 0.271 e. The Balaban J connectivity index is 1.78. The fourth-order valence-corrected chi connectivity index (χ4v) is 4.73. The summed E-state index contributed by atoms with van der Waals surface area (Å²) in [6.45, 7) is 3.11. The maximum absolute atomic E-state index is 12.6. The van der Waals surface area contributed by atoms with Crippen molar-refractivity contribution in [3.8, 4) is 5.75 Å². The van der Waals surface area contributed by atoms with Crippen LogP contribution in [0.25, 0.3) is 12.2 Å². The topological polar surface area (TPSA) is 111 Å². The first-order valence-corrected chi connectivity index (χ1v) is 10.8. The van der Waals surface area contributed by atoms with Gasteiger partial charge in [-0.3, -0.25) is 9.52 Å². The molecular weight excluding hydrogens is 414 g/mol. The number of aryl methyl sites for hydroxylation is 1. The molecule has 3 rings (SSSR count). The van der Waals surface area contributed by atoms with Gasteiger partial charge in [0.25, 0.3) is 10.0 Å². The van der Waals surface area contributed by atoms with E-state index in [4.69, 9.17) is 9.26 Å². The van der Waals surface area contributed by atoms with Crippen LogP contribution in [0.2, 0.25) is 0 Å². The van der Waals surface area contributed by atoms with E-state index >= 15 is 0 Å². The largest absolute Gasteiger partial charge is 0.497 e. The summed E-state index contributed by atoms with van der Waals surface area (Å²) in [6.07, 6.45) is 3.32. The van der Waals surface area contributed by atoms with Crippen LogP contribution in [0.5, 0.6) is 5.75 Å². The van der Waals surface area contributed by atoms with Crippen LogP contribution in [0.1, 0.15) is 23.3 Å². The third kappa shape index (κ3) is 5.04. The number of hydrogen-bond acceptors (Lipinski definition) is 7. The van der Waals surface area contributed by atoms with E-state index < -0.39 is 10.0 Å². The first-order chi connectivity index (χ1) is 13.8. The van der Waals surface area contributed by atoms with E-state index in [-0.39, 0.29) is 10.1 Å². The molecule has 0 fully saturated rings. The molecule has 1 aromatic carbocycles. The predicted molar refractivity (Wildman–Crippen MR) is 113 cm³/mol. The highest BCUT2D eigenvalue weighted by molar-refractivity contribution is 7.94. The van der Waals surface area contributed by atoms with Crippen LogP contribution in [0.15, 0.2) is 45.1 Å². The van der Waals surface area contributed by atoms with E-state index in [0.717, 1.165) is 11.3 Å². The van der Waals surface area contributed by atoms with Crippen LogP contribution in [-0.2, 0) is 14.8 Å². The number of thiophene rings is 1. The van der Waals surface area contributed by atoms with Gasteiger partial charge in [0.1, 0.15) is 21.3 Å². The zero-order valence-corrected chi connectivity index (χ0v) is 17.6. The molecule has 152 valence electrons. The third-order valence-corrected chi connectivity index (χ3v) is 6.70. The summed E-state index contributed by atoms with van der Waals surface area (Å²) >= 11 is 1.10. The molecule has 0 aliphatic rings. The number of rotatable bonds is 7. The maximum Gasteiger partial charge on any atom is 0.271 e. The normalized spacial score (nSPS) is 11.6. The van der Waals surface area contributed by atoms with Crippen molar-refractivity contribution in [2.75, 3.05) is 17.1 Å². The number of methoxy groups -OCH3 is 1. The number of carbonyl (C=O) groups is 1. The van der Waals surface area contributed by atoms with Gasteiger partial charge >= 0.3 is 0 Å².